The van der Waals surface area contributed by atoms with Gasteiger partial charge in [-0.2, -0.15) is 5.10 Å². The topological polar surface area (TPSA) is 61.7 Å². The molecule has 5 heteroatoms. The van der Waals surface area contributed by atoms with E-state index in [0.29, 0.717) is 11.8 Å². The predicted octanol–water partition coefficient (Wildman–Crippen LogP) is 3.30. The molecule has 0 saturated heterocycles. The Labute approximate surface area is 134 Å². The number of rotatable bonds is 2. The molecule has 4 aliphatic rings. The lowest BCUT2D eigenvalue weighted by Crippen LogP contribution is -2.53. The van der Waals surface area contributed by atoms with Crippen LogP contribution in [0.25, 0.3) is 0 Å². The smallest absolute Gasteiger partial charge is 0.275 e. The van der Waals surface area contributed by atoms with Gasteiger partial charge in [-0.15, -0.1) is 11.6 Å². The van der Waals surface area contributed by atoms with E-state index in [9.17, 15) is 9.90 Å². The van der Waals surface area contributed by atoms with Gasteiger partial charge in [-0.25, -0.2) is 5.43 Å². The maximum absolute atomic E-state index is 12.2. The number of carbonyl (C=O) groups is 1. The van der Waals surface area contributed by atoms with Gasteiger partial charge in [-0.1, -0.05) is 12.1 Å². The molecule has 4 bridgehead atoms. The van der Waals surface area contributed by atoms with Crippen molar-refractivity contribution in [2.75, 3.05) is 0 Å². The monoisotopic (exact) mass is 318 g/mol. The molecule has 1 amide bonds. The van der Waals surface area contributed by atoms with Gasteiger partial charge in [-0.3, -0.25) is 4.79 Å². The van der Waals surface area contributed by atoms with E-state index in [1.165, 1.54) is 6.07 Å². The predicted molar refractivity (Wildman–Crippen MR) is 85.1 cm³/mol. The fraction of sp³-hybridized carbons (Fsp3) is 0.529. The van der Waals surface area contributed by atoms with Crippen molar-refractivity contribution in [1.29, 1.82) is 0 Å². The number of para-hydroxylation sites is 1. The first-order valence-electron chi connectivity index (χ1n) is 7.89. The summed E-state index contributed by atoms with van der Waals surface area (Å²) in [6, 6.07) is 6.51. The van der Waals surface area contributed by atoms with Crippen LogP contribution >= 0.6 is 11.6 Å². The fourth-order valence-electron chi connectivity index (χ4n) is 4.69. The van der Waals surface area contributed by atoms with Crippen LogP contribution in [0.15, 0.2) is 29.4 Å². The lowest BCUT2D eigenvalue weighted by molar-refractivity contribution is 0.0947. The minimum atomic E-state index is -0.361. The summed E-state index contributed by atoms with van der Waals surface area (Å²) >= 11 is 6.70. The van der Waals surface area contributed by atoms with Crippen LogP contribution in [0.3, 0.4) is 0 Å². The molecule has 2 atom stereocenters. The van der Waals surface area contributed by atoms with Crippen molar-refractivity contribution < 1.29 is 9.90 Å². The van der Waals surface area contributed by atoms with Crippen LogP contribution in [-0.2, 0) is 0 Å². The molecule has 2 unspecified atom stereocenters. The average Bonchev–Trinajstić information content (AvgIpc) is 2.45. The second kappa shape index (κ2) is 4.98. The molecule has 0 heterocycles. The van der Waals surface area contributed by atoms with Crippen molar-refractivity contribution in [2.45, 2.75) is 37.0 Å². The number of hydrazone groups is 1. The molecule has 1 aromatic rings. The number of phenolic OH excluding ortho intramolecular Hbond substituents is 1. The Kier molecular flexibility index (Phi) is 3.19. The van der Waals surface area contributed by atoms with Gasteiger partial charge in [0.1, 0.15) is 5.75 Å². The Hall–Kier alpha value is -1.55. The fourth-order valence-corrected chi connectivity index (χ4v) is 5.28. The van der Waals surface area contributed by atoms with Crippen LogP contribution in [0, 0.1) is 17.8 Å². The number of hydrogen-bond donors (Lipinski definition) is 2. The highest BCUT2D eigenvalue weighted by atomic mass is 35.5. The Balaban J connectivity index is 1.52. The molecule has 22 heavy (non-hydrogen) atoms. The lowest BCUT2D eigenvalue weighted by Gasteiger charge is -2.54. The van der Waals surface area contributed by atoms with E-state index in [1.807, 2.05) is 0 Å². The van der Waals surface area contributed by atoms with E-state index in [4.69, 9.17) is 11.6 Å². The zero-order chi connectivity index (χ0) is 15.3. The molecule has 116 valence electrons. The number of amides is 1. The summed E-state index contributed by atoms with van der Waals surface area (Å²) in [4.78, 5) is 12.1. The van der Waals surface area contributed by atoms with Gasteiger partial charge in [0.15, 0.2) is 0 Å². The molecule has 4 aliphatic carbocycles. The van der Waals surface area contributed by atoms with Gasteiger partial charge < -0.3 is 5.11 Å². The minimum Gasteiger partial charge on any atom is -0.507 e. The standard InChI is InChI=1S/C17H19ClN2O2/c18-17-7-10-5-11(8-17)15(12(6-10)9-17)19-20-16(22)13-3-1-2-4-14(13)21/h1-4,10-12,21H,5-9H2,(H,20,22). The summed E-state index contributed by atoms with van der Waals surface area (Å²) in [5, 5.41) is 14.1. The van der Waals surface area contributed by atoms with Gasteiger partial charge in [-0.05, 0) is 50.2 Å². The zero-order valence-corrected chi connectivity index (χ0v) is 13.0. The Bertz CT molecular complexity index is 640. The van der Waals surface area contributed by atoms with Crippen molar-refractivity contribution in [1.82, 2.24) is 5.43 Å². The van der Waals surface area contributed by atoms with Gasteiger partial charge in [0.05, 0.1) is 5.56 Å². The number of phenols is 1. The number of carbonyl (C=O) groups excluding carboxylic acids is 1. The highest BCUT2D eigenvalue weighted by Gasteiger charge is 2.53. The summed E-state index contributed by atoms with van der Waals surface area (Å²) in [5.41, 5.74) is 3.99. The third-order valence-electron chi connectivity index (χ3n) is 5.39. The third-order valence-corrected chi connectivity index (χ3v) is 5.85. The van der Waals surface area contributed by atoms with Crippen LogP contribution in [0.5, 0.6) is 5.75 Å². The lowest BCUT2D eigenvalue weighted by atomic mass is 9.55. The molecule has 0 radical (unpaired) electrons. The Morgan fingerprint density at radius 3 is 2.55 bits per heavy atom. The second-order valence-corrected chi connectivity index (χ2v) is 7.79. The van der Waals surface area contributed by atoms with Crippen molar-refractivity contribution >= 4 is 23.2 Å². The molecular weight excluding hydrogens is 300 g/mol. The van der Waals surface area contributed by atoms with Gasteiger partial charge >= 0.3 is 0 Å². The third kappa shape index (κ3) is 2.30. The van der Waals surface area contributed by atoms with Crippen molar-refractivity contribution in [3.05, 3.63) is 29.8 Å². The van der Waals surface area contributed by atoms with Crippen LogP contribution in [0.1, 0.15) is 42.5 Å². The number of alkyl halides is 1. The maximum atomic E-state index is 12.2. The van der Waals surface area contributed by atoms with Gasteiger partial charge in [0.2, 0.25) is 0 Å². The normalized spacial score (nSPS) is 35.5. The molecule has 4 fully saturated rings. The van der Waals surface area contributed by atoms with E-state index < -0.39 is 0 Å². The van der Waals surface area contributed by atoms with E-state index in [1.54, 1.807) is 18.2 Å². The zero-order valence-electron chi connectivity index (χ0n) is 12.3. The first-order valence-corrected chi connectivity index (χ1v) is 8.26. The Morgan fingerprint density at radius 2 is 1.91 bits per heavy atom. The highest BCUT2D eigenvalue weighted by Crippen LogP contribution is 2.57. The Morgan fingerprint density at radius 1 is 1.23 bits per heavy atom. The molecule has 0 aromatic heterocycles. The second-order valence-electron chi connectivity index (χ2n) is 6.99. The summed E-state index contributed by atoms with van der Waals surface area (Å²) in [6.45, 7) is 0. The minimum absolute atomic E-state index is 0.0232. The van der Waals surface area contributed by atoms with Gasteiger partial charge in [0.25, 0.3) is 5.91 Å². The molecule has 1 aromatic carbocycles. The summed E-state index contributed by atoms with van der Waals surface area (Å²) in [6.07, 6.45) is 5.39. The molecule has 5 rings (SSSR count). The number of aromatic hydroxyl groups is 1. The summed E-state index contributed by atoms with van der Waals surface area (Å²) in [5.74, 6) is 1.16. The first kappa shape index (κ1) is 14.1. The maximum Gasteiger partial charge on any atom is 0.275 e. The van der Waals surface area contributed by atoms with E-state index in [2.05, 4.69) is 10.5 Å². The molecular formula is C17H19ClN2O2. The highest BCUT2D eigenvalue weighted by molar-refractivity contribution is 6.25. The van der Waals surface area contributed by atoms with Crippen molar-refractivity contribution in [3.63, 3.8) is 0 Å². The van der Waals surface area contributed by atoms with Crippen LogP contribution in [-0.4, -0.2) is 21.6 Å². The molecule has 4 saturated carbocycles. The first-order chi connectivity index (χ1) is 10.5. The number of hydrogen-bond acceptors (Lipinski definition) is 3. The largest absolute Gasteiger partial charge is 0.507 e. The number of halogens is 1. The SMILES string of the molecule is O=C(NN=C1C2CC3CC1CC(Cl)(C3)C2)c1ccccc1O. The molecule has 2 N–H and O–H groups in total. The van der Waals surface area contributed by atoms with Crippen LogP contribution in [0.4, 0.5) is 0 Å². The van der Waals surface area contributed by atoms with Crippen molar-refractivity contribution in [2.24, 2.45) is 22.9 Å². The van der Waals surface area contributed by atoms with E-state index in [0.717, 1.165) is 43.7 Å². The summed E-state index contributed by atoms with van der Waals surface area (Å²) in [7, 11) is 0. The van der Waals surface area contributed by atoms with Crippen molar-refractivity contribution in [3.8, 4) is 5.75 Å². The quantitative estimate of drug-likeness (QED) is 0.649. The number of benzene rings is 1. The summed E-state index contributed by atoms with van der Waals surface area (Å²) < 4.78 is 0. The molecule has 4 nitrogen and oxygen atoms in total. The van der Waals surface area contributed by atoms with Crippen LogP contribution < -0.4 is 5.43 Å². The van der Waals surface area contributed by atoms with E-state index >= 15 is 0 Å². The molecule has 0 aliphatic heterocycles. The number of nitrogens with zero attached hydrogens (tertiary/aromatic N) is 1. The molecule has 0 spiro atoms. The number of nitrogens with one attached hydrogen (secondary N) is 1. The van der Waals surface area contributed by atoms with Crippen LogP contribution in [0.2, 0.25) is 0 Å². The van der Waals surface area contributed by atoms with E-state index in [-0.39, 0.29) is 22.1 Å². The average molecular weight is 319 g/mol. The van der Waals surface area contributed by atoms with Gasteiger partial charge in [0, 0.05) is 22.4 Å².